The molecule has 0 aliphatic carbocycles. The van der Waals surface area contributed by atoms with Crippen molar-refractivity contribution in [3.63, 3.8) is 0 Å². The molecule has 2 aromatic heterocycles. The SMILES string of the molecule is CNSc1cccc(Nc2ncnc3[nH]ncc23)c1. The second-order valence-electron chi connectivity index (χ2n) is 3.81. The third-order valence-electron chi connectivity index (χ3n) is 2.56. The van der Waals surface area contributed by atoms with Crippen LogP contribution in [0, 0.1) is 0 Å². The Bertz CT molecular complexity index is 695. The van der Waals surface area contributed by atoms with E-state index in [1.807, 2.05) is 25.2 Å². The molecule has 0 unspecified atom stereocenters. The Kier molecular flexibility index (Phi) is 3.30. The smallest absolute Gasteiger partial charge is 0.160 e. The molecule has 0 radical (unpaired) electrons. The molecule has 1 aromatic carbocycles. The van der Waals surface area contributed by atoms with Gasteiger partial charge in [-0.15, -0.1) is 0 Å². The molecule has 0 saturated heterocycles. The molecule has 6 nitrogen and oxygen atoms in total. The van der Waals surface area contributed by atoms with E-state index in [2.05, 4.69) is 36.3 Å². The van der Waals surface area contributed by atoms with Gasteiger partial charge in [-0.25, -0.2) is 9.97 Å². The van der Waals surface area contributed by atoms with E-state index in [4.69, 9.17) is 0 Å². The fourth-order valence-corrected chi connectivity index (χ4v) is 2.32. The molecular weight excluding hydrogens is 260 g/mol. The van der Waals surface area contributed by atoms with Crippen molar-refractivity contribution in [2.75, 3.05) is 12.4 Å². The van der Waals surface area contributed by atoms with E-state index in [1.165, 1.54) is 6.33 Å². The first-order chi connectivity index (χ1) is 9.36. The van der Waals surface area contributed by atoms with Crippen LogP contribution in [0.3, 0.4) is 0 Å². The monoisotopic (exact) mass is 272 g/mol. The Morgan fingerprint density at radius 3 is 3.11 bits per heavy atom. The summed E-state index contributed by atoms with van der Waals surface area (Å²) in [5, 5.41) is 10.9. The van der Waals surface area contributed by atoms with Gasteiger partial charge in [0.15, 0.2) is 5.65 Å². The zero-order valence-electron chi connectivity index (χ0n) is 10.2. The predicted molar refractivity (Wildman–Crippen MR) is 76.3 cm³/mol. The number of H-pyrrole nitrogens is 1. The molecule has 3 rings (SSSR count). The quantitative estimate of drug-likeness (QED) is 0.633. The Balaban J connectivity index is 1.92. The summed E-state index contributed by atoms with van der Waals surface area (Å²) in [6.07, 6.45) is 3.22. The lowest BCUT2D eigenvalue weighted by Gasteiger charge is -2.07. The summed E-state index contributed by atoms with van der Waals surface area (Å²) in [4.78, 5) is 9.48. The zero-order valence-corrected chi connectivity index (χ0v) is 11.0. The molecule has 3 aromatic rings. The van der Waals surface area contributed by atoms with E-state index in [9.17, 15) is 0 Å². The molecule has 0 bridgehead atoms. The van der Waals surface area contributed by atoms with Crippen molar-refractivity contribution in [1.29, 1.82) is 0 Å². The van der Waals surface area contributed by atoms with E-state index in [0.29, 0.717) is 0 Å². The maximum absolute atomic E-state index is 4.25. The molecule has 0 saturated carbocycles. The van der Waals surface area contributed by atoms with Crippen LogP contribution < -0.4 is 10.0 Å². The molecule has 96 valence electrons. The van der Waals surface area contributed by atoms with E-state index < -0.39 is 0 Å². The first-order valence-electron chi connectivity index (χ1n) is 5.71. The van der Waals surface area contributed by atoms with Gasteiger partial charge in [0.2, 0.25) is 0 Å². The van der Waals surface area contributed by atoms with Gasteiger partial charge >= 0.3 is 0 Å². The number of aromatic amines is 1. The van der Waals surface area contributed by atoms with Crippen LogP contribution in [-0.4, -0.2) is 27.2 Å². The summed E-state index contributed by atoms with van der Waals surface area (Å²) in [6, 6.07) is 8.08. The molecule has 0 atom stereocenters. The van der Waals surface area contributed by atoms with E-state index in [1.54, 1.807) is 18.1 Å². The fourth-order valence-electron chi connectivity index (χ4n) is 1.76. The van der Waals surface area contributed by atoms with Gasteiger partial charge in [0.1, 0.15) is 12.1 Å². The highest BCUT2D eigenvalue weighted by Gasteiger charge is 2.05. The van der Waals surface area contributed by atoms with E-state index in [-0.39, 0.29) is 0 Å². The van der Waals surface area contributed by atoms with Crippen LogP contribution in [0.25, 0.3) is 11.0 Å². The Morgan fingerprint density at radius 2 is 2.21 bits per heavy atom. The fraction of sp³-hybridized carbons (Fsp3) is 0.0833. The van der Waals surface area contributed by atoms with Gasteiger partial charge < -0.3 is 5.32 Å². The van der Waals surface area contributed by atoms with Crippen LogP contribution in [0.1, 0.15) is 0 Å². The van der Waals surface area contributed by atoms with Gasteiger partial charge in [-0.1, -0.05) is 6.07 Å². The topological polar surface area (TPSA) is 78.5 Å². The standard InChI is InChI=1S/C12H12N6S/c1-13-19-9-4-2-3-8(5-9)17-11-10-6-16-18-12(10)15-7-14-11/h2-7,13H,1H3,(H2,14,15,16,17,18). The Morgan fingerprint density at radius 1 is 1.26 bits per heavy atom. The van der Waals surface area contributed by atoms with Gasteiger partial charge in [-0.3, -0.25) is 9.82 Å². The van der Waals surface area contributed by atoms with E-state index in [0.717, 1.165) is 27.4 Å². The van der Waals surface area contributed by atoms with Gasteiger partial charge in [-0.05, 0) is 37.2 Å². The van der Waals surface area contributed by atoms with Crippen LogP contribution in [-0.2, 0) is 0 Å². The van der Waals surface area contributed by atoms with Crippen molar-refractivity contribution in [3.05, 3.63) is 36.8 Å². The van der Waals surface area contributed by atoms with Crippen LogP contribution in [0.5, 0.6) is 0 Å². The van der Waals surface area contributed by atoms with Crippen LogP contribution in [0.2, 0.25) is 0 Å². The molecule has 0 amide bonds. The summed E-state index contributed by atoms with van der Waals surface area (Å²) >= 11 is 1.56. The maximum atomic E-state index is 4.25. The summed E-state index contributed by atoms with van der Waals surface area (Å²) in [5.74, 6) is 0.741. The number of rotatable bonds is 4. The van der Waals surface area contributed by atoms with Crippen molar-refractivity contribution >= 4 is 34.5 Å². The van der Waals surface area contributed by atoms with Crippen molar-refractivity contribution in [3.8, 4) is 0 Å². The largest absolute Gasteiger partial charge is 0.339 e. The lowest BCUT2D eigenvalue weighted by atomic mass is 10.3. The number of aromatic nitrogens is 4. The Hall–Kier alpha value is -2.12. The minimum atomic E-state index is 0.721. The molecule has 0 spiro atoms. The second-order valence-corrected chi connectivity index (χ2v) is 4.90. The number of nitrogens with zero attached hydrogens (tertiary/aromatic N) is 3. The number of hydrogen-bond acceptors (Lipinski definition) is 6. The lowest BCUT2D eigenvalue weighted by molar-refractivity contribution is 1.09. The third-order valence-corrected chi connectivity index (χ3v) is 3.26. The van der Waals surface area contributed by atoms with Gasteiger partial charge in [0.05, 0.1) is 11.6 Å². The maximum Gasteiger partial charge on any atom is 0.160 e. The highest BCUT2D eigenvalue weighted by atomic mass is 32.2. The van der Waals surface area contributed by atoms with Crippen molar-refractivity contribution in [2.24, 2.45) is 0 Å². The average Bonchev–Trinajstić information content (AvgIpc) is 2.89. The van der Waals surface area contributed by atoms with Gasteiger partial charge in [0, 0.05) is 10.6 Å². The number of nitrogens with one attached hydrogen (secondary N) is 3. The average molecular weight is 272 g/mol. The van der Waals surface area contributed by atoms with Crippen molar-refractivity contribution in [2.45, 2.75) is 4.90 Å². The molecule has 2 heterocycles. The number of anilines is 2. The molecule has 3 N–H and O–H groups in total. The highest BCUT2D eigenvalue weighted by Crippen LogP contribution is 2.24. The first-order valence-corrected chi connectivity index (χ1v) is 6.53. The molecule has 7 heteroatoms. The summed E-state index contributed by atoms with van der Waals surface area (Å²) in [7, 11) is 1.89. The van der Waals surface area contributed by atoms with Crippen molar-refractivity contribution < 1.29 is 0 Å². The third kappa shape index (κ3) is 2.51. The molecular formula is C12H12N6S. The van der Waals surface area contributed by atoms with E-state index >= 15 is 0 Å². The normalized spacial score (nSPS) is 10.8. The van der Waals surface area contributed by atoms with Crippen molar-refractivity contribution in [1.82, 2.24) is 24.9 Å². The zero-order chi connectivity index (χ0) is 13.1. The molecule has 0 fully saturated rings. The Labute approximate surface area is 114 Å². The number of benzene rings is 1. The minimum Gasteiger partial charge on any atom is -0.339 e. The lowest BCUT2D eigenvalue weighted by Crippen LogP contribution is -1.96. The second kappa shape index (κ2) is 5.25. The van der Waals surface area contributed by atoms with Gasteiger partial charge in [0.25, 0.3) is 0 Å². The highest BCUT2D eigenvalue weighted by molar-refractivity contribution is 7.97. The predicted octanol–water partition coefficient (Wildman–Crippen LogP) is 2.32. The van der Waals surface area contributed by atoms with Crippen LogP contribution in [0.15, 0.2) is 41.7 Å². The molecule has 0 aliphatic heterocycles. The summed E-state index contributed by atoms with van der Waals surface area (Å²) < 4.78 is 3.05. The molecule has 0 aliphatic rings. The van der Waals surface area contributed by atoms with Crippen LogP contribution >= 0.6 is 11.9 Å². The minimum absolute atomic E-state index is 0.721. The van der Waals surface area contributed by atoms with Gasteiger partial charge in [-0.2, -0.15) is 5.10 Å². The summed E-state index contributed by atoms with van der Waals surface area (Å²) in [5.41, 5.74) is 1.69. The number of hydrogen-bond donors (Lipinski definition) is 3. The number of fused-ring (bicyclic) bond motifs is 1. The molecule has 19 heavy (non-hydrogen) atoms. The first kappa shape index (κ1) is 11.9. The summed E-state index contributed by atoms with van der Waals surface area (Å²) in [6.45, 7) is 0. The van der Waals surface area contributed by atoms with Crippen LogP contribution in [0.4, 0.5) is 11.5 Å².